The van der Waals surface area contributed by atoms with E-state index in [1.165, 1.54) is 94.6 Å². The van der Waals surface area contributed by atoms with Crippen LogP contribution in [0.4, 0.5) is 0 Å². The van der Waals surface area contributed by atoms with Crippen molar-refractivity contribution in [1.29, 1.82) is 0 Å². The number of unbranched alkanes of at least 4 members (excludes halogenated alkanes) is 11. The van der Waals surface area contributed by atoms with Crippen LogP contribution in [0.1, 0.15) is 90.9 Å². The van der Waals surface area contributed by atoms with Gasteiger partial charge < -0.3 is 28.5 Å². The Labute approximate surface area is 146 Å². The second-order valence-electron chi connectivity index (χ2n) is 6.86. The molecule has 0 saturated heterocycles. The van der Waals surface area contributed by atoms with E-state index in [1.54, 1.807) is 0 Å². The molecule has 0 spiro atoms. The molecule has 2 heteroatoms. The highest BCUT2D eigenvalue weighted by Crippen LogP contribution is 2.12. The molecule has 0 aliphatic rings. The van der Waals surface area contributed by atoms with Crippen molar-refractivity contribution in [2.75, 3.05) is 27.2 Å². The lowest BCUT2D eigenvalue weighted by atomic mass is 10.1. The zero-order valence-corrected chi connectivity index (χ0v) is 16.9. The van der Waals surface area contributed by atoms with Crippen molar-refractivity contribution >= 4 is 0 Å². The van der Waals surface area contributed by atoms with Crippen molar-refractivity contribution in [3.8, 4) is 0 Å². The van der Waals surface area contributed by atoms with Gasteiger partial charge >= 0.3 is 0 Å². The van der Waals surface area contributed by atoms with Crippen molar-refractivity contribution in [1.82, 2.24) is 0 Å². The summed E-state index contributed by atoms with van der Waals surface area (Å²) in [6, 6.07) is 0. The van der Waals surface area contributed by atoms with Crippen molar-refractivity contribution in [2.24, 2.45) is 0 Å². The van der Waals surface area contributed by atoms with Gasteiger partial charge in [0.1, 0.15) is 0 Å². The topological polar surface area (TPSA) is 0 Å². The molecule has 0 aromatic heterocycles. The standard InChI is InChI=1S/C18H40N.HI/c1-5-7-8-9-10-11-12-13-14-15-16-17-18-19(3,4)6-2;/h5-18H2,1-4H3;1H/q+1;/p-1. The molecule has 0 amide bonds. The first-order valence-corrected chi connectivity index (χ1v) is 8.94. The summed E-state index contributed by atoms with van der Waals surface area (Å²) in [5.41, 5.74) is 0. The van der Waals surface area contributed by atoms with Crippen LogP contribution in [0.2, 0.25) is 0 Å². The molecule has 0 aromatic rings. The molecular formula is C18H40IN. The van der Waals surface area contributed by atoms with Gasteiger partial charge in [0, 0.05) is 0 Å². The molecule has 0 aliphatic heterocycles. The minimum absolute atomic E-state index is 0. The van der Waals surface area contributed by atoms with Crippen molar-refractivity contribution in [3.05, 3.63) is 0 Å². The molecule has 0 bridgehead atoms. The molecule has 0 radical (unpaired) electrons. The maximum Gasteiger partial charge on any atom is 0.0782 e. The molecule has 0 aliphatic carbocycles. The fourth-order valence-electron chi connectivity index (χ4n) is 2.54. The van der Waals surface area contributed by atoms with E-state index in [0.717, 1.165) is 0 Å². The van der Waals surface area contributed by atoms with Gasteiger partial charge in [-0.05, 0) is 19.8 Å². The van der Waals surface area contributed by atoms with E-state index >= 15 is 0 Å². The average Bonchev–Trinajstić information content (AvgIpc) is 2.40. The molecule has 0 rings (SSSR count). The Morgan fingerprint density at radius 1 is 0.550 bits per heavy atom. The molecule has 0 unspecified atom stereocenters. The number of nitrogens with zero attached hydrogens (tertiary/aromatic N) is 1. The Balaban J connectivity index is 0. The van der Waals surface area contributed by atoms with Gasteiger partial charge in [-0.3, -0.25) is 0 Å². The highest BCUT2D eigenvalue weighted by Gasteiger charge is 2.09. The van der Waals surface area contributed by atoms with E-state index in [2.05, 4.69) is 27.9 Å². The minimum Gasteiger partial charge on any atom is -1.00 e. The predicted octanol–water partition coefficient (Wildman–Crippen LogP) is 2.79. The van der Waals surface area contributed by atoms with E-state index in [-0.39, 0.29) is 24.0 Å². The third-order valence-corrected chi connectivity index (χ3v) is 4.47. The smallest absolute Gasteiger partial charge is 0.0782 e. The van der Waals surface area contributed by atoms with Gasteiger partial charge in [0.25, 0.3) is 0 Å². The van der Waals surface area contributed by atoms with Gasteiger partial charge in [-0.2, -0.15) is 0 Å². The second kappa shape index (κ2) is 16.1. The first kappa shape index (κ1) is 23.0. The number of hydrogen-bond donors (Lipinski definition) is 0. The maximum atomic E-state index is 2.35. The second-order valence-corrected chi connectivity index (χ2v) is 6.86. The maximum absolute atomic E-state index is 2.35. The lowest BCUT2D eigenvalue weighted by Crippen LogP contribution is -3.00. The molecule has 0 heterocycles. The van der Waals surface area contributed by atoms with Crippen LogP contribution >= 0.6 is 0 Å². The lowest BCUT2D eigenvalue weighted by Gasteiger charge is -2.28. The van der Waals surface area contributed by atoms with Gasteiger partial charge in [-0.15, -0.1) is 0 Å². The number of hydrogen-bond acceptors (Lipinski definition) is 0. The van der Waals surface area contributed by atoms with Crippen LogP contribution in [0.3, 0.4) is 0 Å². The monoisotopic (exact) mass is 397 g/mol. The van der Waals surface area contributed by atoms with Crippen LogP contribution in [-0.4, -0.2) is 31.7 Å². The first-order valence-electron chi connectivity index (χ1n) is 8.94. The quantitative estimate of drug-likeness (QED) is 0.240. The molecule has 0 N–H and O–H groups in total. The van der Waals surface area contributed by atoms with Crippen LogP contribution in [0.15, 0.2) is 0 Å². The third-order valence-electron chi connectivity index (χ3n) is 4.47. The van der Waals surface area contributed by atoms with Gasteiger partial charge in [0.15, 0.2) is 0 Å². The van der Waals surface area contributed by atoms with Gasteiger partial charge in [-0.1, -0.05) is 71.1 Å². The number of rotatable bonds is 14. The summed E-state index contributed by atoms with van der Waals surface area (Å²) < 4.78 is 1.19. The Morgan fingerprint density at radius 2 is 0.900 bits per heavy atom. The zero-order valence-electron chi connectivity index (χ0n) is 14.7. The average molecular weight is 397 g/mol. The largest absolute Gasteiger partial charge is 1.00 e. The summed E-state index contributed by atoms with van der Waals surface area (Å²) in [6.07, 6.45) is 17.4. The fraction of sp³-hybridized carbons (Fsp3) is 1.00. The highest BCUT2D eigenvalue weighted by molar-refractivity contribution is 4.48. The molecule has 0 fully saturated rings. The van der Waals surface area contributed by atoms with Gasteiger partial charge in [-0.25, -0.2) is 0 Å². The van der Waals surface area contributed by atoms with Crippen LogP contribution in [-0.2, 0) is 0 Å². The Morgan fingerprint density at radius 3 is 1.25 bits per heavy atom. The van der Waals surface area contributed by atoms with Crippen molar-refractivity contribution in [3.63, 3.8) is 0 Å². The van der Waals surface area contributed by atoms with Gasteiger partial charge in [0.05, 0.1) is 27.2 Å². The SMILES string of the molecule is CCCCCCCCCCCCCC[N+](C)(C)CC.[I-]. The minimum atomic E-state index is 0. The molecule has 0 saturated carbocycles. The normalized spacial score (nSPS) is 11.4. The summed E-state index contributed by atoms with van der Waals surface area (Å²) in [5.74, 6) is 0. The first-order chi connectivity index (χ1) is 9.12. The summed E-state index contributed by atoms with van der Waals surface area (Å²) in [4.78, 5) is 0. The van der Waals surface area contributed by atoms with Crippen LogP contribution < -0.4 is 24.0 Å². The van der Waals surface area contributed by atoms with E-state index in [0.29, 0.717) is 0 Å². The van der Waals surface area contributed by atoms with Crippen molar-refractivity contribution < 1.29 is 28.5 Å². The fourth-order valence-corrected chi connectivity index (χ4v) is 2.54. The summed E-state index contributed by atoms with van der Waals surface area (Å²) in [6.45, 7) is 7.20. The summed E-state index contributed by atoms with van der Waals surface area (Å²) in [5, 5.41) is 0. The Kier molecular flexibility index (Phi) is 18.4. The van der Waals surface area contributed by atoms with Crippen LogP contribution in [0, 0.1) is 0 Å². The van der Waals surface area contributed by atoms with E-state index < -0.39 is 0 Å². The zero-order chi connectivity index (χ0) is 14.4. The molecule has 20 heavy (non-hydrogen) atoms. The Bertz CT molecular complexity index is 180. The summed E-state index contributed by atoms with van der Waals surface area (Å²) >= 11 is 0. The molecule has 1 nitrogen and oxygen atoms in total. The number of halogens is 1. The van der Waals surface area contributed by atoms with Crippen molar-refractivity contribution in [2.45, 2.75) is 90.9 Å². The Hall–Kier alpha value is 0.690. The number of quaternary nitrogens is 1. The molecule has 124 valence electrons. The predicted molar refractivity (Wildman–Crippen MR) is 88.6 cm³/mol. The van der Waals surface area contributed by atoms with Crippen LogP contribution in [0.25, 0.3) is 0 Å². The lowest BCUT2D eigenvalue weighted by molar-refractivity contribution is -0.888. The third kappa shape index (κ3) is 16.7. The molecular weight excluding hydrogens is 357 g/mol. The summed E-state index contributed by atoms with van der Waals surface area (Å²) in [7, 11) is 4.69. The molecule has 0 atom stereocenters. The van der Waals surface area contributed by atoms with E-state index in [4.69, 9.17) is 0 Å². The van der Waals surface area contributed by atoms with Crippen LogP contribution in [0.5, 0.6) is 0 Å². The molecule has 0 aromatic carbocycles. The van der Waals surface area contributed by atoms with Gasteiger partial charge in [0.2, 0.25) is 0 Å². The highest BCUT2D eigenvalue weighted by atomic mass is 127. The van der Waals surface area contributed by atoms with E-state index in [1.807, 2.05) is 0 Å². The van der Waals surface area contributed by atoms with E-state index in [9.17, 15) is 0 Å².